The number of hydrogen-bond donors (Lipinski definition) is 0. The smallest absolute Gasteiger partial charge is 0.306 e. The van der Waals surface area contributed by atoms with Gasteiger partial charge >= 0.3 is 17.9 Å². The highest BCUT2D eigenvalue weighted by molar-refractivity contribution is 5.71. The molecule has 0 aromatic heterocycles. The van der Waals surface area contributed by atoms with Crippen LogP contribution >= 0.6 is 0 Å². The Labute approximate surface area is 435 Å². The Morgan fingerprint density at radius 2 is 0.557 bits per heavy atom. The molecular weight excluding hydrogens is 865 g/mol. The molecule has 0 amide bonds. The SMILES string of the molecule is CC/C=C\C/C=C\C/C=C\C/C=C\CCC(=O)OCC(COC(=O)CCCCCCCCCCCCCCCCCCCCCCC)OC(=O)CCCCCCCCCCCCCCCCCCCC. The van der Waals surface area contributed by atoms with Crippen molar-refractivity contribution in [2.75, 3.05) is 13.2 Å². The van der Waals surface area contributed by atoms with Crippen LogP contribution in [0.25, 0.3) is 0 Å². The summed E-state index contributed by atoms with van der Waals surface area (Å²) in [5.74, 6) is -0.955. The van der Waals surface area contributed by atoms with E-state index in [0.29, 0.717) is 19.3 Å². The standard InChI is InChI=1S/C64H116O6/c1-4-7-10-13-16-19-22-25-27-29-31-32-33-35-36-39-42-45-48-51-54-57-63(66)69-60-61(59-68-62(65)56-53-50-47-44-41-38-24-21-18-15-12-9-6-3)70-64(67)58-55-52-49-46-43-40-37-34-30-28-26-23-20-17-14-11-8-5-2/h9,12,18,21,38,41,47,50,61H,4-8,10-11,13-17,19-20,22-37,39-40,42-46,48-49,51-60H2,1-3H3/b12-9-,21-18-,41-38-,50-47-. The first kappa shape index (κ1) is 67.4. The number of rotatable bonds is 56. The summed E-state index contributed by atoms with van der Waals surface area (Å²) in [5, 5.41) is 0. The van der Waals surface area contributed by atoms with Gasteiger partial charge in [0.05, 0.1) is 0 Å². The van der Waals surface area contributed by atoms with Gasteiger partial charge in [-0.15, -0.1) is 0 Å². The summed E-state index contributed by atoms with van der Waals surface area (Å²) >= 11 is 0. The number of carbonyl (C=O) groups is 3. The second-order valence-corrected chi connectivity index (χ2v) is 20.6. The third kappa shape index (κ3) is 56.3. The highest BCUT2D eigenvalue weighted by atomic mass is 16.6. The molecule has 0 rings (SSSR count). The molecule has 0 saturated carbocycles. The normalized spacial score (nSPS) is 12.3. The van der Waals surface area contributed by atoms with E-state index in [1.165, 1.54) is 212 Å². The zero-order valence-electron chi connectivity index (χ0n) is 46.8. The van der Waals surface area contributed by atoms with Gasteiger partial charge in [0, 0.05) is 19.3 Å². The third-order valence-electron chi connectivity index (χ3n) is 13.6. The molecule has 6 heteroatoms. The van der Waals surface area contributed by atoms with Gasteiger partial charge in [0.2, 0.25) is 0 Å². The third-order valence-corrected chi connectivity index (χ3v) is 13.6. The minimum Gasteiger partial charge on any atom is -0.462 e. The van der Waals surface area contributed by atoms with E-state index in [1.807, 2.05) is 6.08 Å². The van der Waals surface area contributed by atoms with Crippen molar-refractivity contribution < 1.29 is 28.6 Å². The largest absolute Gasteiger partial charge is 0.462 e. The monoisotopic (exact) mass is 981 g/mol. The first-order valence-electron chi connectivity index (χ1n) is 30.6. The molecule has 0 spiro atoms. The Morgan fingerprint density at radius 1 is 0.300 bits per heavy atom. The van der Waals surface area contributed by atoms with Crippen LogP contribution in [0.2, 0.25) is 0 Å². The average molecular weight is 982 g/mol. The van der Waals surface area contributed by atoms with E-state index in [1.54, 1.807) is 0 Å². The summed E-state index contributed by atoms with van der Waals surface area (Å²) in [6, 6.07) is 0. The molecule has 1 atom stereocenters. The molecule has 0 aliphatic rings. The van der Waals surface area contributed by atoms with Crippen molar-refractivity contribution in [3.05, 3.63) is 48.6 Å². The maximum Gasteiger partial charge on any atom is 0.306 e. The fourth-order valence-corrected chi connectivity index (χ4v) is 9.05. The topological polar surface area (TPSA) is 78.9 Å². The summed E-state index contributed by atoms with van der Waals surface area (Å²) in [6.07, 6.45) is 72.8. The summed E-state index contributed by atoms with van der Waals surface area (Å²) in [5.41, 5.74) is 0. The van der Waals surface area contributed by atoms with Crippen molar-refractivity contribution in [1.29, 1.82) is 0 Å². The Kier molecular flexibility index (Phi) is 56.7. The fourth-order valence-electron chi connectivity index (χ4n) is 9.05. The quantitative estimate of drug-likeness (QED) is 0.0261. The van der Waals surface area contributed by atoms with Crippen LogP contribution in [0.15, 0.2) is 48.6 Å². The molecule has 0 aromatic rings. The number of ether oxygens (including phenoxy) is 3. The van der Waals surface area contributed by atoms with Gasteiger partial charge in [-0.2, -0.15) is 0 Å². The van der Waals surface area contributed by atoms with Crippen LogP contribution < -0.4 is 0 Å². The maximum absolute atomic E-state index is 12.9. The van der Waals surface area contributed by atoms with Gasteiger partial charge in [0.25, 0.3) is 0 Å². The number of unbranched alkanes of at least 4 members (excludes halogenated alkanes) is 37. The Bertz CT molecular complexity index is 1220. The summed E-state index contributed by atoms with van der Waals surface area (Å²) in [6.45, 7) is 6.52. The minimum atomic E-state index is -0.798. The van der Waals surface area contributed by atoms with Gasteiger partial charge in [-0.1, -0.05) is 307 Å². The Morgan fingerprint density at radius 3 is 0.871 bits per heavy atom. The van der Waals surface area contributed by atoms with Gasteiger partial charge in [-0.05, 0) is 44.9 Å². The van der Waals surface area contributed by atoms with E-state index in [4.69, 9.17) is 14.2 Å². The van der Waals surface area contributed by atoms with E-state index in [0.717, 1.165) is 64.2 Å². The number of esters is 3. The van der Waals surface area contributed by atoms with Crippen LogP contribution in [0, 0.1) is 0 Å². The highest BCUT2D eigenvalue weighted by Gasteiger charge is 2.19. The van der Waals surface area contributed by atoms with Gasteiger partial charge in [0.15, 0.2) is 6.10 Å². The average Bonchev–Trinajstić information content (AvgIpc) is 3.36. The molecule has 0 aliphatic heterocycles. The van der Waals surface area contributed by atoms with Crippen LogP contribution in [0.1, 0.15) is 323 Å². The van der Waals surface area contributed by atoms with Crippen molar-refractivity contribution in [1.82, 2.24) is 0 Å². The van der Waals surface area contributed by atoms with E-state index in [2.05, 4.69) is 63.3 Å². The van der Waals surface area contributed by atoms with Crippen LogP contribution in [-0.2, 0) is 28.6 Å². The summed E-state index contributed by atoms with van der Waals surface area (Å²) < 4.78 is 16.8. The molecule has 0 fully saturated rings. The number of carbonyl (C=O) groups excluding carboxylic acids is 3. The maximum atomic E-state index is 12.9. The molecule has 6 nitrogen and oxygen atoms in total. The predicted octanol–water partition coefficient (Wildman–Crippen LogP) is 20.6. The second-order valence-electron chi connectivity index (χ2n) is 20.6. The van der Waals surface area contributed by atoms with Crippen LogP contribution in [-0.4, -0.2) is 37.2 Å². The zero-order chi connectivity index (χ0) is 50.7. The molecule has 0 radical (unpaired) electrons. The van der Waals surface area contributed by atoms with Gasteiger partial charge in [-0.25, -0.2) is 0 Å². The van der Waals surface area contributed by atoms with Gasteiger partial charge in [-0.3, -0.25) is 14.4 Å². The van der Waals surface area contributed by atoms with E-state index >= 15 is 0 Å². The molecule has 0 bridgehead atoms. The lowest BCUT2D eigenvalue weighted by Gasteiger charge is -2.18. The van der Waals surface area contributed by atoms with Crippen molar-refractivity contribution in [3.8, 4) is 0 Å². The van der Waals surface area contributed by atoms with Crippen molar-refractivity contribution in [3.63, 3.8) is 0 Å². The molecule has 0 aliphatic carbocycles. The molecule has 70 heavy (non-hydrogen) atoms. The Hall–Kier alpha value is -2.63. The molecule has 0 saturated heterocycles. The zero-order valence-corrected chi connectivity index (χ0v) is 46.8. The van der Waals surface area contributed by atoms with Crippen LogP contribution in [0.4, 0.5) is 0 Å². The number of allylic oxidation sites excluding steroid dienone is 8. The van der Waals surface area contributed by atoms with Gasteiger partial charge in [0.1, 0.15) is 13.2 Å². The minimum absolute atomic E-state index is 0.0902. The second kappa shape index (κ2) is 58.9. The van der Waals surface area contributed by atoms with Crippen molar-refractivity contribution >= 4 is 17.9 Å². The predicted molar refractivity (Wildman–Crippen MR) is 302 cm³/mol. The lowest BCUT2D eigenvalue weighted by atomic mass is 10.0. The van der Waals surface area contributed by atoms with E-state index in [9.17, 15) is 14.4 Å². The first-order chi connectivity index (χ1) is 34.5. The summed E-state index contributed by atoms with van der Waals surface area (Å²) in [7, 11) is 0. The highest BCUT2D eigenvalue weighted by Crippen LogP contribution is 2.18. The molecule has 0 aromatic carbocycles. The molecule has 408 valence electrons. The van der Waals surface area contributed by atoms with Gasteiger partial charge < -0.3 is 14.2 Å². The Balaban J connectivity index is 4.32. The van der Waals surface area contributed by atoms with Crippen LogP contribution in [0.5, 0.6) is 0 Å². The lowest BCUT2D eigenvalue weighted by Crippen LogP contribution is -2.30. The van der Waals surface area contributed by atoms with Crippen molar-refractivity contribution in [2.24, 2.45) is 0 Å². The van der Waals surface area contributed by atoms with Crippen LogP contribution in [0.3, 0.4) is 0 Å². The van der Waals surface area contributed by atoms with Crippen molar-refractivity contribution in [2.45, 2.75) is 329 Å². The lowest BCUT2D eigenvalue weighted by molar-refractivity contribution is -0.166. The molecule has 1 unspecified atom stereocenters. The molecular formula is C64H116O6. The first-order valence-corrected chi connectivity index (χ1v) is 30.6. The molecule has 0 heterocycles. The fraction of sp³-hybridized carbons (Fsp3) is 0.828. The molecule has 0 N–H and O–H groups in total. The number of hydrogen-bond acceptors (Lipinski definition) is 6. The van der Waals surface area contributed by atoms with E-state index in [-0.39, 0.29) is 37.5 Å². The summed E-state index contributed by atoms with van der Waals surface area (Å²) in [4.78, 5) is 38.2. The van der Waals surface area contributed by atoms with E-state index < -0.39 is 6.10 Å².